The summed E-state index contributed by atoms with van der Waals surface area (Å²) < 4.78 is 0.397. The van der Waals surface area contributed by atoms with Crippen LogP contribution >= 0.6 is 24.0 Å². The Kier molecular flexibility index (Phi) is 2.72. The zero-order valence-electron chi connectivity index (χ0n) is 8.01. The molecule has 0 bridgehead atoms. The number of thiocarbonyl (C=S) groups is 1. The van der Waals surface area contributed by atoms with E-state index in [0.717, 1.165) is 10.7 Å². The second-order valence-corrected chi connectivity index (χ2v) is 4.91. The molecule has 6 heteroatoms. The second kappa shape index (κ2) is 3.88. The Morgan fingerprint density at radius 3 is 2.87 bits per heavy atom. The Morgan fingerprint density at radius 2 is 2.33 bits per heavy atom. The Bertz CT molecular complexity index is 435. The first-order valence-electron chi connectivity index (χ1n) is 4.32. The summed E-state index contributed by atoms with van der Waals surface area (Å²) in [6.45, 7) is 1.88. The van der Waals surface area contributed by atoms with Gasteiger partial charge in [0.15, 0.2) is 4.32 Å². The predicted octanol–water partition coefficient (Wildman–Crippen LogP) is 1.17. The third-order valence-electron chi connectivity index (χ3n) is 2.06. The lowest BCUT2D eigenvalue weighted by molar-refractivity contribution is -0.126. The van der Waals surface area contributed by atoms with Gasteiger partial charge in [-0.3, -0.25) is 9.78 Å². The summed E-state index contributed by atoms with van der Waals surface area (Å²) in [4.78, 5) is 16.0. The first-order chi connectivity index (χ1) is 7.09. The van der Waals surface area contributed by atoms with Gasteiger partial charge in [0, 0.05) is 5.69 Å². The minimum Gasteiger partial charge on any atom is -0.271 e. The second-order valence-electron chi connectivity index (χ2n) is 3.18. The zero-order valence-corrected chi connectivity index (χ0v) is 9.64. The molecule has 1 fully saturated rings. The van der Waals surface area contributed by atoms with Gasteiger partial charge in [0.2, 0.25) is 0 Å². The van der Waals surface area contributed by atoms with Gasteiger partial charge in [-0.05, 0) is 19.1 Å². The molecule has 1 aromatic heterocycles. The molecule has 2 N–H and O–H groups in total. The Morgan fingerprint density at radius 1 is 1.60 bits per heavy atom. The molecule has 78 valence electrons. The number of amides is 1. The van der Waals surface area contributed by atoms with Crippen LogP contribution in [0.3, 0.4) is 0 Å². The molecular weight excluding hydrogens is 230 g/mol. The highest BCUT2D eigenvalue weighted by molar-refractivity contribution is 8.24. The first kappa shape index (κ1) is 10.5. The van der Waals surface area contributed by atoms with Gasteiger partial charge in [0.1, 0.15) is 5.25 Å². The van der Waals surface area contributed by atoms with Gasteiger partial charge >= 0.3 is 0 Å². The Labute approximate surface area is 96.8 Å². The SMILES string of the molecule is Cc1cccc(C2SC(=S)N(N)C2=O)n1. The van der Waals surface area contributed by atoms with Gasteiger partial charge in [-0.25, -0.2) is 10.9 Å². The van der Waals surface area contributed by atoms with E-state index in [-0.39, 0.29) is 11.2 Å². The number of pyridine rings is 1. The van der Waals surface area contributed by atoms with Crippen molar-refractivity contribution in [2.75, 3.05) is 0 Å². The monoisotopic (exact) mass is 239 g/mol. The van der Waals surface area contributed by atoms with Crippen molar-refractivity contribution in [1.82, 2.24) is 9.99 Å². The van der Waals surface area contributed by atoms with Gasteiger partial charge < -0.3 is 0 Å². The maximum atomic E-state index is 11.7. The van der Waals surface area contributed by atoms with E-state index in [1.54, 1.807) is 0 Å². The fourth-order valence-corrected chi connectivity index (χ4v) is 2.57. The van der Waals surface area contributed by atoms with E-state index < -0.39 is 0 Å². The molecule has 1 aromatic rings. The molecule has 0 spiro atoms. The van der Waals surface area contributed by atoms with Crippen LogP contribution in [0.5, 0.6) is 0 Å². The average molecular weight is 239 g/mol. The van der Waals surface area contributed by atoms with Crippen LogP contribution in [0.4, 0.5) is 0 Å². The van der Waals surface area contributed by atoms with Crippen LogP contribution in [-0.2, 0) is 4.79 Å². The van der Waals surface area contributed by atoms with Crippen molar-refractivity contribution in [2.45, 2.75) is 12.2 Å². The molecule has 1 unspecified atom stereocenters. The van der Waals surface area contributed by atoms with Crippen LogP contribution < -0.4 is 5.84 Å². The van der Waals surface area contributed by atoms with Crippen molar-refractivity contribution < 1.29 is 4.79 Å². The summed E-state index contributed by atoms with van der Waals surface area (Å²) >= 11 is 6.21. The van der Waals surface area contributed by atoms with E-state index in [1.807, 2.05) is 25.1 Å². The number of aromatic nitrogens is 1. The number of rotatable bonds is 1. The average Bonchev–Trinajstić information content (AvgIpc) is 2.46. The Hall–Kier alpha value is -0.980. The van der Waals surface area contributed by atoms with Crippen molar-refractivity contribution in [2.24, 2.45) is 5.84 Å². The zero-order chi connectivity index (χ0) is 11.0. The van der Waals surface area contributed by atoms with Crippen molar-refractivity contribution in [3.8, 4) is 0 Å². The van der Waals surface area contributed by atoms with Crippen LogP contribution in [0.25, 0.3) is 0 Å². The van der Waals surface area contributed by atoms with Crippen molar-refractivity contribution in [3.05, 3.63) is 29.6 Å². The van der Waals surface area contributed by atoms with E-state index in [0.29, 0.717) is 10.0 Å². The minimum absolute atomic E-state index is 0.205. The quantitative estimate of drug-likeness (QED) is 0.453. The van der Waals surface area contributed by atoms with Gasteiger partial charge in [-0.1, -0.05) is 30.0 Å². The summed E-state index contributed by atoms with van der Waals surface area (Å²) in [7, 11) is 0. The highest BCUT2D eigenvalue weighted by atomic mass is 32.2. The Balaban J connectivity index is 2.33. The number of nitrogens with zero attached hydrogens (tertiary/aromatic N) is 2. The molecule has 0 saturated carbocycles. The van der Waals surface area contributed by atoms with Gasteiger partial charge in [-0.15, -0.1) is 0 Å². The van der Waals surface area contributed by atoms with Crippen LogP contribution in [0.2, 0.25) is 0 Å². The van der Waals surface area contributed by atoms with E-state index in [4.69, 9.17) is 18.1 Å². The number of thioether (sulfide) groups is 1. The third kappa shape index (κ3) is 1.88. The smallest absolute Gasteiger partial charge is 0.262 e. The summed E-state index contributed by atoms with van der Waals surface area (Å²) in [5.41, 5.74) is 1.59. The lowest BCUT2D eigenvalue weighted by Gasteiger charge is -2.07. The highest BCUT2D eigenvalue weighted by Gasteiger charge is 2.37. The topological polar surface area (TPSA) is 59.2 Å². The van der Waals surface area contributed by atoms with Crippen LogP contribution in [0.1, 0.15) is 16.6 Å². The van der Waals surface area contributed by atoms with Gasteiger partial charge in [-0.2, -0.15) is 0 Å². The minimum atomic E-state index is -0.387. The van der Waals surface area contributed by atoms with Gasteiger partial charge in [0.25, 0.3) is 5.91 Å². The largest absolute Gasteiger partial charge is 0.271 e. The van der Waals surface area contributed by atoms with E-state index in [1.165, 1.54) is 11.8 Å². The fraction of sp³-hybridized carbons (Fsp3) is 0.222. The molecular formula is C9H9N3OS2. The van der Waals surface area contributed by atoms with E-state index in [9.17, 15) is 4.79 Å². The van der Waals surface area contributed by atoms with E-state index >= 15 is 0 Å². The van der Waals surface area contributed by atoms with Gasteiger partial charge in [0.05, 0.1) is 5.69 Å². The molecule has 1 amide bonds. The number of nitrogens with two attached hydrogens (primary N) is 1. The molecule has 1 aliphatic heterocycles. The normalized spacial score (nSPS) is 21.2. The van der Waals surface area contributed by atoms with Crippen LogP contribution in [0.15, 0.2) is 18.2 Å². The van der Waals surface area contributed by atoms with Crippen molar-refractivity contribution in [1.29, 1.82) is 0 Å². The molecule has 2 rings (SSSR count). The summed E-state index contributed by atoms with van der Waals surface area (Å²) in [6.07, 6.45) is 0. The molecule has 4 nitrogen and oxygen atoms in total. The molecule has 2 heterocycles. The van der Waals surface area contributed by atoms with Crippen LogP contribution in [-0.4, -0.2) is 20.2 Å². The number of aryl methyl sites for hydroxylation is 1. The lowest BCUT2D eigenvalue weighted by Crippen LogP contribution is -2.35. The standard InChI is InChI=1S/C9H9N3OS2/c1-5-3-2-4-6(11-5)7-8(13)12(10)9(14)15-7/h2-4,7H,10H2,1H3. The number of carbonyl (C=O) groups is 1. The highest BCUT2D eigenvalue weighted by Crippen LogP contribution is 2.36. The maximum Gasteiger partial charge on any atom is 0.262 e. The molecule has 15 heavy (non-hydrogen) atoms. The molecule has 1 aliphatic rings. The molecule has 0 radical (unpaired) electrons. The molecule has 0 aromatic carbocycles. The summed E-state index contributed by atoms with van der Waals surface area (Å²) in [5.74, 6) is 5.28. The molecule has 0 aliphatic carbocycles. The third-order valence-corrected chi connectivity index (χ3v) is 3.62. The van der Waals surface area contributed by atoms with Crippen LogP contribution in [0, 0.1) is 6.92 Å². The summed E-state index contributed by atoms with van der Waals surface area (Å²) in [6, 6.07) is 5.56. The van der Waals surface area contributed by atoms with E-state index in [2.05, 4.69) is 4.98 Å². The number of hydrazine groups is 1. The van der Waals surface area contributed by atoms with Crippen molar-refractivity contribution >= 4 is 34.2 Å². The molecule has 1 atom stereocenters. The van der Waals surface area contributed by atoms with Crippen molar-refractivity contribution in [3.63, 3.8) is 0 Å². The maximum absolute atomic E-state index is 11.7. The first-order valence-corrected chi connectivity index (χ1v) is 5.61. The number of hydrogen-bond donors (Lipinski definition) is 1. The molecule has 1 saturated heterocycles. The predicted molar refractivity (Wildman–Crippen MR) is 62.9 cm³/mol. The fourth-order valence-electron chi connectivity index (χ4n) is 1.32. The summed E-state index contributed by atoms with van der Waals surface area (Å²) in [5, 5.41) is 0.622. The number of hydrogen-bond acceptors (Lipinski definition) is 5. The number of carbonyl (C=O) groups excluding carboxylic acids is 1. The lowest BCUT2D eigenvalue weighted by atomic mass is 10.2.